The van der Waals surface area contributed by atoms with Gasteiger partial charge in [0, 0.05) is 5.56 Å². The molecule has 3 rings (SSSR count). The van der Waals surface area contributed by atoms with Crippen LogP contribution in [0.25, 0.3) is 0 Å². The van der Waals surface area contributed by atoms with Gasteiger partial charge in [0.05, 0.1) is 19.1 Å². The molecule has 0 bridgehead atoms. The van der Waals surface area contributed by atoms with Gasteiger partial charge in [-0.25, -0.2) is 4.79 Å². The molecule has 2 aromatic rings. The number of nitrogens with zero attached hydrogens (tertiary/aromatic N) is 1. The van der Waals surface area contributed by atoms with Crippen LogP contribution in [-0.2, 0) is 17.8 Å². The largest absolute Gasteiger partial charge is 0.345 e. The van der Waals surface area contributed by atoms with Gasteiger partial charge in [-0.15, -0.1) is 0 Å². The summed E-state index contributed by atoms with van der Waals surface area (Å²) in [6.45, 7) is 6.44. The Labute approximate surface area is 171 Å². The second kappa shape index (κ2) is 8.90. The van der Waals surface area contributed by atoms with Crippen molar-refractivity contribution in [3.63, 3.8) is 0 Å². The molecular weight excluding hydrogens is 366 g/mol. The van der Waals surface area contributed by atoms with Crippen molar-refractivity contribution in [2.75, 3.05) is 6.54 Å². The lowest BCUT2D eigenvalue weighted by Crippen LogP contribution is -2.32. The number of amides is 4. The molecule has 0 saturated carbocycles. The zero-order valence-corrected chi connectivity index (χ0v) is 17.1. The first-order chi connectivity index (χ1) is 13.9. The molecular formula is C23H27N3O3. The highest BCUT2D eigenvalue weighted by atomic mass is 16.2. The Hall–Kier alpha value is -3.15. The predicted octanol–water partition coefficient (Wildman–Crippen LogP) is 3.43. The number of carbonyl (C=O) groups is 3. The zero-order valence-electron chi connectivity index (χ0n) is 17.1. The van der Waals surface area contributed by atoms with Gasteiger partial charge in [0.2, 0.25) is 5.91 Å². The van der Waals surface area contributed by atoms with Crippen LogP contribution in [0.2, 0.25) is 0 Å². The highest BCUT2D eigenvalue weighted by Crippen LogP contribution is 2.23. The molecule has 152 valence electrons. The molecule has 4 amide bonds. The third-order valence-corrected chi connectivity index (χ3v) is 5.17. The number of rotatable bonds is 7. The molecule has 0 spiro atoms. The summed E-state index contributed by atoms with van der Waals surface area (Å²) < 4.78 is 0. The van der Waals surface area contributed by atoms with Crippen LogP contribution in [0.4, 0.5) is 4.79 Å². The summed E-state index contributed by atoms with van der Waals surface area (Å²) in [5, 5.41) is 5.63. The molecule has 6 heteroatoms. The standard InChI is InChI=1S/C23H27N3O3/c1-4-16-8-10-18(11-9-16)21(15(2)3)25-22(28)19-7-5-6-17(12-19)14-26-20(27)13-24-23(26)29/h5-12,15,21H,4,13-14H2,1-3H3,(H,24,29)(H,25,28)/t21-/m0/s1. The maximum absolute atomic E-state index is 12.9. The van der Waals surface area contributed by atoms with Crippen LogP contribution >= 0.6 is 0 Å². The summed E-state index contributed by atoms with van der Waals surface area (Å²) in [5.74, 6) is -0.219. The minimum Gasteiger partial charge on any atom is -0.345 e. The van der Waals surface area contributed by atoms with E-state index in [1.54, 1.807) is 24.3 Å². The fourth-order valence-corrected chi connectivity index (χ4v) is 3.43. The lowest BCUT2D eigenvalue weighted by Gasteiger charge is -2.23. The Balaban J connectivity index is 1.74. The van der Waals surface area contributed by atoms with Crippen LogP contribution < -0.4 is 10.6 Å². The summed E-state index contributed by atoms with van der Waals surface area (Å²) in [6, 6.07) is 14.8. The first-order valence-corrected chi connectivity index (χ1v) is 9.96. The van der Waals surface area contributed by atoms with Crippen LogP contribution in [0, 0.1) is 5.92 Å². The SMILES string of the molecule is CCc1ccc([C@@H](NC(=O)c2cccc(CN3C(=O)CNC3=O)c2)C(C)C)cc1. The average Bonchev–Trinajstić information content (AvgIpc) is 3.04. The number of benzene rings is 2. The molecule has 1 aliphatic heterocycles. The lowest BCUT2D eigenvalue weighted by atomic mass is 9.94. The second-order valence-electron chi connectivity index (χ2n) is 7.63. The number of urea groups is 1. The van der Waals surface area contributed by atoms with Crippen molar-refractivity contribution in [2.45, 2.75) is 39.8 Å². The number of nitrogens with one attached hydrogen (secondary N) is 2. The van der Waals surface area contributed by atoms with Gasteiger partial charge in [0.1, 0.15) is 0 Å². The molecule has 1 atom stereocenters. The Morgan fingerprint density at radius 1 is 1.10 bits per heavy atom. The molecule has 0 radical (unpaired) electrons. The van der Waals surface area contributed by atoms with Gasteiger partial charge in [-0.05, 0) is 41.2 Å². The van der Waals surface area contributed by atoms with E-state index >= 15 is 0 Å². The van der Waals surface area contributed by atoms with Crippen LogP contribution in [0.15, 0.2) is 48.5 Å². The first-order valence-electron chi connectivity index (χ1n) is 9.96. The molecule has 0 aliphatic carbocycles. The van der Waals surface area contributed by atoms with Gasteiger partial charge in [0.15, 0.2) is 0 Å². The van der Waals surface area contributed by atoms with E-state index in [0.29, 0.717) is 5.56 Å². The Kier molecular flexibility index (Phi) is 6.32. The van der Waals surface area contributed by atoms with E-state index in [4.69, 9.17) is 0 Å². The van der Waals surface area contributed by atoms with E-state index in [0.717, 1.165) is 22.4 Å². The number of carbonyl (C=O) groups excluding carboxylic acids is 3. The molecule has 1 aliphatic rings. The van der Waals surface area contributed by atoms with E-state index in [9.17, 15) is 14.4 Å². The van der Waals surface area contributed by atoms with Crippen LogP contribution in [0.5, 0.6) is 0 Å². The zero-order chi connectivity index (χ0) is 21.0. The smallest absolute Gasteiger partial charge is 0.324 e. The van der Waals surface area contributed by atoms with Gasteiger partial charge in [-0.3, -0.25) is 14.5 Å². The van der Waals surface area contributed by atoms with E-state index < -0.39 is 6.03 Å². The fourth-order valence-electron chi connectivity index (χ4n) is 3.43. The van der Waals surface area contributed by atoms with Crippen molar-refractivity contribution < 1.29 is 14.4 Å². The maximum Gasteiger partial charge on any atom is 0.324 e. The molecule has 0 aromatic heterocycles. The molecule has 1 saturated heterocycles. The minimum atomic E-state index is -0.403. The Morgan fingerprint density at radius 2 is 1.83 bits per heavy atom. The molecule has 29 heavy (non-hydrogen) atoms. The Bertz CT molecular complexity index is 890. The van der Waals surface area contributed by atoms with Crippen LogP contribution in [0.1, 0.15) is 53.9 Å². The maximum atomic E-state index is 12.9. The van der Waals surface area contributed by atoms with Gasteiger partial charge in [0.25, 0.3) is 5.91 Å². The number of aryl methyl sites for hydroxylation is 1. The summed E-state index contributed by atoms with van der Waals surface area (Å²) >= 11 is 0. The highest BCUT2D eigenvalue weighted by Gasteiger charge is 2.28. The van der Waals surface area contributed by atoms with Gasteiger partial charge in [-0.2, -0.15) is 0 Å². The number of hydrogen-bond acceptors (Lipinski definition) is 3. The van der Waals surface area contributed by atoms with Gasteiger partial charge < -0.3 is 10.6 Å². The van der Waals surface area contributed by atoms with Crippen molar-refractivity contribution in [3.05, 3.63) is 70.8 Å². The summed E-state index contributed by atoms with van der Waals surface area (Å²) in [5.41, 5.74) is 3.57. The Morgan fingerprint density at radius 3 is 2.41 bits per heavy atom. The van der Waals surface area contributed by atoms with Crippen LogP contribution in [0.3, 0.4) is 0 Å². The monoisotopic (exact) mass is 393 g/mol. The van der Waals surface area contributed by atoms with E-state index in [2.05, 4.69) is 55.7 Å². The third kappa shape index (κ3) is 4.83. The number of hydrogen-bond donors (Lipinski definition) is 2. The van der Waals surface area contributed by atoms with Crippen molar-refractivity contribution in [3.8, 4) is 0 Å². The van der Waals surface area contributed by atoms with Gasteiger partial charge >= 0.3 is 6.03 Å². The lowest BCUT2D eigenvalue weighted by molar-refractivity contribution is -0.125. The third-order valence-electron chi connectivity index (χ3n) is 5.17. The summed E-state index contributed by atoms with van der Waals surface area (Å²) in [4.78, 5) is 37.6. The minimum absolute atomic E-state index is 0.0197. The molecule has 2 aromatic carbocycles. The molecule has 2 N–H and O–H groups in total. The summed E-state index contributed by atoms with van der Waals surface area (Å²) in [7, 11) is 0. The molecule has 1 fully saturated rings. The highest BCUT2D eigenvalue weighted by molar-refractivity contribution is 6.02. The topological polar surface area (TPSA) is 78.5 Å². The second-order valence-corrected chi connectivity index (χ2v) is 7.63. The fraction of sp³-hybridized carbons (Fsp3) is 0.348. The number of imide groups is 1. The predicted molar refractivity (Wildman–Crippen MR) is 111 cm³/mol. The molecule has 1 heterocycles. The summed E-state index contributed by atoms with van der Waals surface area (Å²) in [6.07, 6.45) is 0.976. The normalized spacial score (nSPS) is 14.8. The van der Waals surface area contributed by atoms with Crippen molar-refractivity contribution >= 4 is 17.8 Å². The quantitative estimate of drug-likeness (QED) is 0.708. The first kappa shape index (κ1) is 20.6. The molecule has 6 nitrogen and oxygen atoms in total. The van der Waals surface area contributed by atoms with Crippen molar-refractivity contribution in [1.82, 2.24) is 15.5 Å². The van der Waals surface area contributed by atoms with E-state index in [1.165, 1.54) is 5.56 Å². The van der Waals surface area contributed by atoms with Crippen molar-refractivity contribution in [1.29, 1.82) is 0 Å². The molecule has 0 unspecified atom stereocenters. The van der Waals surface area contributed by atoms with Gasteiger partial charge in [-0.1, -0.05) is 57.2 Å². The van der Waals surface area contributed by atoms with E-state index in [-0.39, 0.29) is 36.9 Å². The van der Waals surface area contributed by atoms with Crippen molar-refractivity contribution in [2.24, 2.45) is 5.92 Å². The van der Waals surface area contributed by atoms with E-state index in [1.807, 2.05) is 0 Å². The van der Waals surface area contributed by atoms with Crippen LogP contribution in [-0.4, -0.2) is 29.3 Å². The average molecular weight is 393 g/mol.